The molecule has 1 aromatic rings. The average molecular weight is 208 g/mol. The van der Waals surface area contributed by atoms with Crippen LogP contribution in [0.4, 0.5) is 0 Å². The van der Waals surface area contributed by atoms with Gasteiger partial charge in [0.15, 0.2) is 0 Å². The fourth-order valence-electron chi connectivity index (χ4n) is 2.58. The van der Waals surface area contributed by atoms with Gasteiger partial charge in [0.2, 0.25) is 0 Å². The van der Waals surface area contributed by atoms with Crippen LogP contribution in [0.15, 0.2) is 24.3 Å². The van der Waals surface area contributed by atoms with Crippen molar-refractivity contribution in [3.05, 3.63) is 34.9 Å². The summed E-state index contributed by atoms with van der Waals surface area (Å²) >= 11 is 5.88. The van der Waals surface area contributed by atoms with Gasteiger partial charge in [-0.05, 0) is 43.4 Å². The van der Waals surface area contributed by atoms with Crippen molar-refractivity contribution >= 4 is 11.6 Å². The first-order valence-corrected chi connectivity index (χ1v) is 5.59. The third kappa shape index (κ3) is 1.06. The minimum absolute atomic E-state index is 0.112. The Kier molecular flexibility index (Phi) is 1.58. The molecule has 0 atom stereocenters. The van der Waals surface area contributed by atoms with Gasteiger partial charge in [0.1, 0.15) is 0 Å². The number of benzene rings is 1. The normalized spacial score (nSPS) is 25.9. The Hall–Kier alpha value is -0.530. The molecule has 0 spiro atoms. The van der Waals surface area contributed by atoms with E-state index in [-0.39, 0.29) is 5.54 Å². The fourth-order valence-corrected chi connectivity index (χ4v) is 2.71. The Morgan fingerprint density at radius 2 is 1.57 bits per heavy atom. The summed E-state index contributed by atoms with van der Waals surface area (Å²) in [7, 11) is 0. The van der Waals surface area contributed by atoms with Crippen molar-refractivity contribution in [2.24, 2.45) is 5.73 Å². The largest absolute Gasteiger partial charge is 0.324 e. The number of rotatable bonds is 2. The molecule has 2 fully saturated rings. The zero-order valence-corrected chi connectivity index (χ0v) is 8.85. The van der Waals surface area contributed by atoms with Gasteiger partial charge in [-0.1, -0.05) is 23.7 Å². The van der Waals surface area contributed by atoms with Gasteiger partial charge >= 0.3 is 0 Å². The van der Waals surface area contributed by atoms with E-state index in [2.05, 4.69) is 12.1 Å². The molecule has 14 heavy (non-hydrogen) atoms. The third-order valence-electron chi connectivity index (χ3n) is 3.89. The molecular formula is C12H14ClN. The van der Waals surface area contributed by atoms with Crippen molar-refractivity contribution < 1.29 is 0 Å². The minimum Gasteiger partial charge on any atom is -0.324 e. The van der Waals surface area contributed by atoms with E-state index < -0.39 is 0 Å². The quantitative estimate of drug-likeness (QED) is 0.793. The SMILES string of the molecule is NC1(C2(c3ccc(Cl)cc3)CC2)CC1. The second-order valence-electron chi connectivity index (χ2n) is 4.75. The van der Waals surface area contributed by atoms with E-state index in [1.807, 2.05) is 12.1 Å². The highest BCUT2D eigenvalue weighted by Gasteiger charge is 2.63. The fraction of sp³-hybridized carbons (Fsp3) is 0.500. The highest BCUT2D eigenvalue weighted by molar-refractivity contribution is 6.30. The van der Waals surface area contributed by atoms with Crippen LogP contribution in [0.5, 0.6) is 0 Å². The van der Waals surface area contributed by atoms with Crippen molar-refractivity contribution in [1.82, 2.24) is 0 Å². The Bertz CT molecular complexity index is 360. The van der Waals surface area contributed by atoms with Crippen molar-refractivity contribution in [2.45, 2.75) is 36.6 Å². The molecular weight excluding hydrogens is 194 g/mol. The molecule has 2 heteroatoms. The highest BCUT2D eigenvalue weighted by Crippen LogP contribution is 2.63. The molecule has 0 saturated heterocycles. The van der Waals surface area contributed by atoms with Gasteiger partial charge in [-0.2, -0.15) is 0 Å². The van der Waals surface area contributed by atoms with Crippen LogP contribution in [0.1, 0.15) is 31.2 Å². The summed E-state index contributed by atoms with van der Waals surface area (Å²) in [5, 5.41) is 0.811. The topological polar surface area (TPSA) is 26.0 Å². The molecule has 2 aliphatic rings. The molecule has 0 heterocycles. The lowest BCUT2D eigenvalue weighted by atomic mass is 9.86. The van der Waals surface area contributed by atoms with Gasteiger partial charge in [0.25, 0.3) is 0 Å². The van der Waals surface area contributed by atoms with E-state index in [0.29, 0.717) is 5.41 Å². The molecule has 1 aromatic carbocycles. The molecule has 74 valence electrons. The smallest absolute Gasteiger partial charge is 0.0406 e. The van der Waals surface area contributed by atoms with Crippen LogP contribution < -0.4 is 5.73 Å². The van der Waals surface area contributed by atoms with Crippen molar-refractivity contribution in [3.63, 3.8) is 0 Å². The minimum atomic E-state index is 0.112. The summed E-state index contributed by atoms with van der Waals surface area (Å²) in [6.07, 6.45) is 4.89. The van der Waals surface area contributed by atoms with E-state index in [9.17, 15) is 0 Å². The average Bonchev–Trinajstić information content (AvgIpc) is 3.01. The standard InChI is InChI=1S/C12H14ClN/c13-10-3-1-9(2-4-10)11(5-6-11)12(14)7-8-12/h1-4H,5-8,14H2. The van der Waals surface area contributed by atoms with E-state index in [1.54, 1.807) is 0 Å². The maximum atomic E-state index is 6.32. The first-order valence-electron chi connectivity index (χ1n) is 5.21. The Balaban J connectivity index is 1.99. The van der Waals surface area contributed by atoms with Gasteiger partial charge in [-0.25, -0.2) is 0 Å². The molecule has 0 unspecified atom stereocenters. The van der Waals surface area contributed by atoms with Crippen molar-refractivity contribution in [3.8, 4) is 0 Å². The summed E-state index contributed by atoms with van der Waals surface area (Å²) in [6.45, 7) is 0. The Morgan fingerprint density at radius 1 is 1.00 bits per heavy atom. The van der Waals surface area contributed by atoms with Crippen LogP contribution in [0.25, 0.3) is 0 Å². The maximum Gasteiger partial charge on any atom is 0.0406 e. The molecule has 2 saturated carbocycles. The van der Waals surface area contributed by atoms with E-state index in [4.69, 9.17) is 17.3 Å². The monoisotopic (exact) mass is 207 g/mol. The van der Waals surface area contributed by atoms with Gasteiger partial charge in [-0.3, -0.25) is 0 Å². The molecule has 2 N–H and O–H groups in total. The summed E-state index contributed by atoms with van der Waals surface area (Å²) < 4.78 is 0. The Labute approximate surface area is 89.3 Å². The van der Waals surface area contributed by atoms with Gasteiger partial charge < -0.3 is 5.73 Å². The molecule has 2 aliphatic carbocycles. The molecule has 1 nitrogen and oxygen atoms in total. The van der Waals surface area contributed by atoms with Crippen LogP contribution >= 0.6 is 11.6 Å². The lowest BCUT2D eigenvalue weighted by Gasteiger charge is -2.23. The number of hydrogen-bond acceptors (Lipinski definition) is 1. The van der Waals surface area contributed by atoms with E-state index >= 15 is 0 Å². The van der Waals surface area contributed by atoms with Crippen LogP contribution in [0.3, 0.4) is 0 Å². The molecule has 0 radical (unpaired) electrons. The number of hydrogen-bond donors (Lipinski definition) is 1. The zero-order valence-electron chi connectivity index (χ0n) is 8.09. The number of nitrogens with two attached hydrogens (primary N) is 1. The molecule has 0 bridgehead atoms. The van der Waals surface area contributed by atoms with Crippen molar-refractivity contribution in [1.29, 1.82) is 0 Å². The Morgan fingerprint density at radius 3 is 2.00 bits per heavy atom. The van der Waals surface area contributed by atoms with Crippen LogP contribution in [-0.2, 0) is 5.41 Å². The van der Waals surface area contributed by atoms with E-state index in [1.165, 1.54) is 31.2 Å². The highest BCUT2D eigenvalue weighted by atomic mass is 35.5. The second kappa shape index (κ2) is 2.53. The first-order chi connectivity index (χ1) is 6.66. The lowest BCUT2D eigenvalue weighted by molar-refractivity contribution is 0.503. The van der Waals surface area contributed by atoms with Gasteiger partial charge in [0.05, 0.1) is 0 Å². The predicted molar refractivity (Wildman–Crippen MR) is 58.5 cm³/mol. The number of halogens is 1. The maximum absolute atomic E-state index is 6.32. The summed E-state index contributed by atoms with van der Waals surface area (Å²) in [4.78, 5) is 0. The molecule has 0 amide bonds. The predicted octanol–water partition coefficient (Wildman–Crippen LogP) is 2.86. The van der Waals surface area contributed by atoms with Crippen LogP contribution in [0, 0.1) is 0 Å². The summed E-state index contributed by atoms with van der Waals surface area (Å²) in [5.74, 6) is 0. The van der Waals surface area contributed by atoms with E-state index in [0.717, 1.165) is 5.02 Å². The summed E-state index contributed by atoms with van der Waals surface area (Å²) in [5.41, 5.74) is 8.13. The van der Waals surface area contributed by atoms with Crippen LogP contribution in [0.2, 0.25) is 5.02 Å². The molecule has 0 aliphatic heterocycles. The van der Waals surface area contributed by atoms with Crippen LogP contribution in [-0.4, -0.2) is 5.54 Å². The van der Waals surface area contributed by atoms with Crippen molar-refractivity contribution in [2.75, 3.05) is 0 Å². The molecule has 3 rings (SSSR count). The van der Waals surface area contributed by atoms with Gasteiger partial charge in [-0.15, -0.1) is 0 Å². The zero-order chi connectivity index (χ0) is 9.81. The second-order valence-corrected chi connectivity index (χ2v) is 5.18. The molecule has 0 aromatic heterocycles. The third-order valence-corrected chi connectivity index (χ3v) is 4.14. The first kappa shape index (κ1) is 8.75. The van der Waals surface area contributed by atoms with Gasteiger partial charge in [0, 0.05) is 16.0 Å². The lowest BCUT2D eigenvalue weighted by Crippen LogP contribution is -2.37. The summed E-state index contributed by atoms with van der Waals surface area (Å²) in [6, 6.07) is 8.23.